The Hall–Kier alpha value is -1.35. The fourth-order valence-electron chi connectivity index (χ4n) is 2.67. The molecule has 0 aromatic heterocycles. The second-order valence-electron chi connectivity index (χ2n) is 5.15. The van der Waals surface area contributed by atoms with E-state index in [0.29, 0.717) is 12.0 Å². The second kappa shape index (κ2) is 5.53. The molecule has 2 unspecified atom stereocenters. The first-order valence-corrected chi connectivity index (χ1v) is 6.49. The zero-order valence-electron chi connectivity index (χ0n) is 11.3. The van der Waals surface area contributed by atoms with Gasteiger partial charge >= 0.3 is 0 Å². The molecule has 1 aromatic carbocycles. The third-order valence-corrected chi connectivity index (χ3v) is 3.89. The molecule has 0 bridgehead atoms. The van der Waals surface area contributed by atoms with E-state index < -0.39 is 0 Å². The molecule has 2 rings (SSSR count). The molecule has 1 aliphatic rings. The highest BCUT2D eigenvalue weighted by Gasteiger charge is 2.26. The van der Waals surface area contributed by atoms with Crippen molar-refractivity contribution >= 4 is 12.0 Å². The van der Waals surface area contributed by atoms with Crippen LogP contribution in [0.5, 0.6) is 0 Å². The molecule has 1 aromatic rings. The molecule has 1 heterocycles. The van der Waals surface area contributed by atoms with Gasteiger partial charge in [0, 0.05) is 31.5 Å². The quantitative estimate of drug-likeness (QED) is 0.769. The van der Waals surface area contributed by atoms with Crippen LogP contribution >= 0.6 is 0 Å². The molecule has 0 N–H and O–H groups in total. The number of benzene rings is 1. The van der Waals surface area contributed by atoms with E-state index in [0.717, 1.165) is 36.9 Å². The lowest BCUT2D eigenvalue weighted by Crippen LogP contribution is -2.44. The van der Waals surface area contributed by atoms with E-state index in [2.05, 4.69) is 18.7 Å². The molecule has 1 saturated heterocycles. The topological polar surface area (TPSA) is 29.5 Å². The van der Waals surface area contributed by atoms with E-state index in [1.54, 1.807) is 7.11 Å². The molecule has 0 radical (unpaired) electrons. The molecule has 2 atom stereocenters. The maximum Gasteiger partial charge on any atom is 0.150 e. The molecular formula is C15H21NO2. The van der Waals surface area contributed by atoms with Crippen LogP contribution in [0.3, 0.4) is 0 Å². The summed E-state index contributed by atoms with van der Waals surface area (Å²) in [5.41, 5.74) is 3.11. The van der Waals surface area contributed by atoms with Crippen molar-refractivity contribution in [2.24, 2.45) is 5.92 Å². The maximum atomic E-state index is 10.8. The van der Waals surface area contributed by atoms with Crippen molar-refractivity contribution in [2.75, 3.05) is 25.1 Å². The normalized spacial score (nSPS) is 24.1. The lowest BCUT2D eigenvalue weighted by molar-refractivity contribution is 0.0498. The van der Waals surface area contributed by atoms with Gasteiger partial charge in [-0.05, 0) is 43.0 Å². The predicted molar refractivity (Wildman–Crippen MR) is 73.4 cm³/mol. The molecule has 0 spiro atoms. The summed E-state index contributed by atoms with van der Waals surface area (Å²) in [5.74, 6) is 0.612. The highest BCUT2D eigenvalue weighted by molar-refractivity contribution is 5.77. The number of hydrogen-bond donors (Lipinski definition) is 0. The average molecular weight is 247 g/mol. The van der Waals surface area contributed by atoms with Crippen molar-refractivity contribution in [3.05, 3.63) is 29.3 Å². The lowest BCUT2D eigenvalue weighted by atomic mass is 9.95. The molecule has 0 aliphatic carbocycles. The Labute approximate surface area is 109 Å². The smallest absolute Gasteiger partial charge is 0.150 e. The monoisotopic (exact) mass is 247 g/mol. The van der Waals surface area contributed by atoms with Crippen LogP contribution in [-0.2, 0) is 4.74 Å². The summed E-state index contributed by atoms with van der Waals surface area (Å²) in [4.78, 5) is 13.1. The number of piperidine rings is 1. The van der Waals surface area contributed by atoms with Gasteiger partial charge in [0.2, 0.25) is 0 Å². The number of aldehydes is 1. The van der Waals surface area contributed by atoms with Gasteiger partial charge in [-0.25, -0.2) is 0 Å². The zero-order chi connectivity index (χ0) is 13.1. The number of methoxy groups -OCH3 is 1. The number of ether oxygens (including phenoxy) is 1. The van der Waals surface area contributed by atoms with Crippen LogP contribution in [0.1, 0.15) is 29.3 Å². The number of carbonyl (C=O) groups is 1. The van der Waals surface area contributed by atoms with Gasteiger partial charge in [-0.15, -0.1) is 0 Å². The van der Waals surface area contributed by atoms with Crippen LogP contribution in [0, 0.1) is 12.8 Å². The Kier molecular flexibility index (Phi) is 4.02. The number of nitrogens with zero attached hydrogens (tertiary/aromatic N) is 1. The fourth-order valence-corrected chi connectivity index (χ4v) is 2.67. The van der Waals surface area contributed by atoms with Crippen molar-refractivity contribution in [2.45, 2.75) is 26.4 Å². The van der Waals surface area contributed by atoms with Gasteiger partial charge in [0.1, 0.15) is 6.29 Å². The van der Waals surface area contributed by atoms with E-state index in [9.17, 15) is 4.79 Å². The Balaban J connectivity index is 2.19. The van der Waals surface area contributed by atoms with E-state index >= 15 is 0 Å². The predicted octanol–water partition coefficient (Wildman–Crippen LogP) is 2.67. The standard InChI is InChI=1S/C15H21NO2/c1-11-6-7-16(9-15(11)18-3)14-5-4-13(10-17)8-12(14)2/h4-5,8,10-11,15H,6-7,9H2,1-3H3. The van der Waals surface area contributed by atoms with Crippen molar-refractivity contribution in [1.82, 2.24) is 0 Å². The first kappa shape index (κ1) is 13.1. The Morgan fingerprint density at radius 3 is 2.83 bits per heavy atom. The summed E-state index contributed by atoms with van der Waals surface area (Å²) >= 11 is 0. The van der Waals surface area contributed by atoms with Gasteiger partial charge < -0.3 is 9.64 Å². The largest absolute Gasteiger partial charge is 0.379 e. The van der Waals surface area contributed by atoms with Crippen molar-refractivity contribution in [1.29, 1.82) is 0 Å². The Morgan fingerprint density at radius 1 is 1.44 bits per heavy atom. The molecule has 0 saturated carbocycles. The number of carbonyl (C=O) groups excluding carboxylic acids is 1. The minimum Gasteiger partial charge on any atom is -0.379 e. The summed E-state index contributed by atoms with van der Waals surface area (Å²) in [6.45, 7) is 6.29. The molecule has 98 valence electrons. The van der Waals surface area contributed by atoms with Crippen molar-refractivity contribution < 1.29 is 9.53 Å². The number of aryl methyl sites for hydroxylation is 1. The summed E-state index contributed by atoms with van der Waals surface area (Å²) in [7, 11) is 1.78. The minimum atomic E-state index is 0.295. The average Bonchev–Trinajstić information content (AvgIpc) is 2.39. The van der Waals surface area contributed by atoms with Gasteiger partial charge in [0.25, 0.3) is 0 Å². The molecular weight excluding hydrogens is 226 g/mol. The first-order valence-electron chi connectivity index (χ1n) is 6.49. The van der Waals surface area contributed by atoms with Crippen LogP contribution < -0.4 is 4.90 Å². The second-order valence-corrected chi connectivity index (χ2v) is 5.15. The molecule has 1 fully saturated rings. The Bertz CT molecular complexity index is 431. The Morgan fingerprint density at radius 2 is 2.22 bits per heavy atom. The van der Waals surface area contributed by atoms with E-state index in [4.69, 9.17) is 4.74 Å². The van der Waals surface area contributed by atoms with E-state index in [1.165, 1.54) is 5.69 Å². The number of rotatable bonds is 3. The maximum absolute atomic E-state index is 10.8. The van der Waals surface area contributed by atoms with Crippen molar-refractivity contribution in [3.8, 4) is 0 Å². The molecule has 18 heavy (non-hydrogen) atoms. The number of hydrogen-bond acceptors (Lipinski definition) is 3. The number of anilines is 1. The first-order chi connectivity index (χ1) is 8.65. The van der Waals surface area contributed by atoms with Gasteiger partial charge in [-0.3, -0.25) is 4.79 Å². The van der Waals surface area contributed by atoms with Crippen LogP contribution in [-0.4, -0.2) is 32.6 Å². The molecule has 3 heteroatoms. The highest BCUT2D eigenvalue weighted by atomic mass is 16.5. The fraction of sp³-hybridized carbons (Fsp3) is 0.533. The van der Waals surface area contributed by atoms with Gasteiger partial charge in [-0.1, -0.05) is 6.92 Å². The zero-order valence-corrected chi connectivity index (χ0v) is 11.3. The van der Waals surface area contributed by atoms with Crippen LogP contribution in [0.4, 0.5) is 5.69 Å². The van der Waals surface area contributed by atoms with Gasteiger partial charge in [0.05, 0.1) is 6.10 Å². The molecule has 3 nitrogen and oxygen atoms in total. The van der Waals surface area contributed by atoms with E-state index in [1.807, 2.05) is 18.2 Å². The third-order valence-electron chi connectivity index (χ3n) is 3.89. The highest BCUT2D eigenvalue weighted by Crippen LogP contribution is 2.27. The minimum absolute atomic E-state index is 0.295. The molecule has 0 amide bonds. The van der Waals surface area contributed by atoms with Gasteiger partial charge in [0.15, 0.2) is 0 Å². The van der Waals surface area contributed by atoms with Crippen molar-refractivity contribution in [3.63, 3.8) is 0 Å². The summed E-state index contributed by atoms with van der Waals surface area (Å²) in [6.07, 6.45) is 2.34. The third kappa shape index (κ3) is 2.56. The van der Waals surface area contributed by atoms with Crippen LogP contribution in [0.2, 0.25) is 0 Å². The summed E-state index contributed by atoms with van der Waals surface area (Å²) in [6, 6.07) is 5.87. The van der Waals surface area contributed by atoms with Crippen LogP contribution in [0.15, 0.2) is 18.2 Å². The molecule has 1 aliphatic heterocycles. The summed E-state index contributed by atoms with van der Waals surface area (Å²) < 4.78 is 5.54. The SMILES string of the molecule is COC1CN(c2ccc(C=O)cc2C)CCC1C. The van der Waals surface area contributed by atoms with Gasteiger partial charge in [-0.2, -0.15) is 0 Å². The lowest BCUT2D eigenvalue weighted by Gasteiger charge is -2.38. The van der Waals surface area contributed by atoms with Crippen LogP contribution in [0.25, 0.3) is 0 Å². The summed E-state index contributed by atoms with van der Waals surface area (Å²) in [5, 5.41) is 0. The van der Waals surface area contributed by atoms with E-state index in [-0.39, 0.29) is 0 Å².